The van der Waals surface area contributed by atoms with E-state index in [1.54, 1.807) is 6.92 Å². The average Bonchev–Trinajstić information content (AvgIpc) is 2.39. The van der Waals surface area contributed by atoms with Gasteiger partial charge in [-0.25, -0.2) is 8.78 Å². The fraction of sp³-hybridized carbons (Fsp3) is 0.375. The number of terminal acetylenes is 1. The van der Waals surface area contributed by atoms with Crippen molar-refractivity contribution in [3.63, 3.8) is 0 Å². The smallest absolute Gasteiger partial charge is 0.116 e. The number of methoxy groups -OCH3 is 1. The van der Waals surface area contributed by atoms with E-state index in [2.05, 4.69) is 17.8 Å². The number of hydrogen-bond donors (Lipinski definition) is 2. The second-order valence-corrected chi connectivity index (χ2v) is 4.41. The number of hydrogen-bond acceptors (Lipinski definition) is 3. The Balaban J connectivity index is 5.77. The molecule has 0 aromatic carbocycles. The summed E-state index contributed by atoms with van der Waals surface area (Å²) in [7, 11) is 1.51. The summed E-state index contributed by atoms with van der Waals surface area (Å²) < 4.78 is 31.2. The van der Waals surface area contributed by atoms with Gasteiger partial charge in [0.1, 0.15) is 18.7 Å². The zero-order chi connectivity index (χ0) is 16.4. The van der Waals surface area contributed by atoms with Crippen molar-refractivity contribution in [2.75, 3.05) is 13.8 Å². The molecule has 0 aromatic rings. The van der Waals surface area contributed by atoms with E-state index in [1.165, 1.54) is 32.4 Å². The summed E-state index contributed by atoms with van der Waals surface area (Å²) in [5.41, 5.74) is 7.20. The van der Waals surface area contributed by atoms with Gasteiger partial charge in [0.25, 0.3) is 0 Å². The Bertz CT molecular complexity index is 485. The molecule has 2 atom stereocenters. The summed E-state index contributed by atoms with van der Waals surface area (Å²) in [4.78, 5) is 0. The van der Waals surface area contributed by atoms with Gasteiger partial charge in [0.2, 0.25) is 0 Å². The molecule has 0 aliphatic rings. The van der Waals surface area contributed by atoms with E-state index in [-0.39, 0.29) is 6.73 Å². The maximum absolute atomic E-state index is 13.2. The molecule has 116 valence electrons. The van der Waals surface area contributed by atoms with Crippen LogP contribution in [0.5, 0.6) is 0 Å². The fourth-order valence-electron chi connectivity index (χ4n) is 1.68. The van der Waals surface area contributed by atoms with Crippen LogP contribution in [0.1, 0.15) is 13.8 Å². The van der Waals surface area contributed by atoms with E-state index in [0.717, 1.165) is 0 Å². The largest absolute Gasteiger partial charge is 0.368 e. The minimum atomic E-state index is -1.18. The van der Waals surface area contributed by atoms with E-state index in [9.17, 15) is 8.78 Å². The second kappa shape index (κ2) is 9.92. The molecule has 0 bridgehead atoms. The van der Waals surface area contributed by atoms with Gasteiger partial charge in [-0.15, -0.1) is 6.42 Å². The molecule has 0 aromatic heterocycles. The van der Waals surface area contributed by atoms with Crippen LogP contribution in [-0.2, 0) is 4.74 Å². The molecule has 0 aliphatic heterocycles. The van der Waals surface area contributed by atoms with Crippen LogP contribution in [0, 0.1) is 12.3 Å². The summed E-state index contributed by atoms with van der Waals surface area (Å²) in [5, 5.41) is 2.84. The minimum absolute atomic E-state index is 0.229. The van der Waals surface area contributed by atoms with Crippen LogP contribution in [0.25, 0.3) is 0 Å². The highest BCUT2D eigenvalue weighted by molar-refractivity contribution is 5.52. The highest BCUT2D eigenvalue weighted by atomic mass is 19.1. The van der Waals surface area contributed by atoms with Crippen LogP contribution >= 0.6 is 0 Å². The second-order valence-electron chi connectivity index (χ2n) is 4.41. The Labute approximate surface area is 125 Å². The Kier molecular flexibility index (Phi) is 9.02. The lowest BCUT2D eigenvalue weighted by molar-refractivity contribution is 0.187. The standard InChI is InChI=1S/C16H22F2N2O/c1-6-16(19)15(9-20-10-21-5)14(8-13(4)18)11(2)7-12(3)17/h1,7-9,12,16,20H,4,10,19H2,2-3,5H3/b11-7-,14-8+,15-9+/t12-,16-/m1/s1. The van der Waals surface area contributed by atoms with Crippen LogP contribution in [0.3, 0.4) is 0 Å². The molecule has 0 amide bonds. The predicted octanol–water partition coefficient (Wildman–Crippen LogP) is 2.74. The van der Waals surface area contributed by atoms with Crippen LogP contribution in [0.15, 0.2) is 47.5 Å². The van der Waals surface area contributed by atoms with Crippen LogP contribution in [0.4, 0.5) is 8.78 Å². The molecule has 3 nitrogen and oxygen atoms in total. The van der Waals surface area contributed by atoms with Crippen molar-refractivity contribution in [1.29, 1.82) is 0 Å². The van der Waals surface area contributed by atoms with Crippen LogP contribution in [-0.4, -0.2) is 26.1 Å². The summed E-state index contributed by atoms with van der Waals surface area (Å²) in [5.74, 6) is 1.69. The van der Waals surface area contributed by atoms with Crippen molar-refractivity contribution in [3.05, 3.63) is 47.5 Å². The number of nitrogens with one attached hydrogen (secondary N) is 1. The molecule has 0 rings (SSSR count). The van der Waals surface area contributed by atoms with Gasteiger partial charge in [-0.1, -0.05) is 12.5 Å². The molecule has 0 fully saturated rings. The Hall–Kier alpha value is -1.90. The normalized spacial score (nSPS) is 16.1. The molecule has 0 aliphatic carbocycles. The molecule has 5 heteroatoms. The first-order valence-corrected chi connectivity index (χ1v) is 6.36. The highest BCUT2D eigenvalue weighted by Crippen LogP contribution is 2.24. The Morgan fingerprint density at radius 3 is 2.62 bits per heavy atom. The molecule has 21 heavy (non-hydrogen) atoms. The summed E-state index contributed by atoms with van der Waals surface area (Å²) in [6, 6.07) is -0.779. The monoisotopic (exact) mass is 296 g/mol. The zero-order valence-corrected chi connectivity index (χ0v) is 12.6. The molecule has 0 heterocycles. The van der Waals surface area contributed by atoms with Crippen molar-refractivity contribution in [3.8, 4) is 12.3 Å². The first kappa shape index (κ1) is 19.1. The molecule has 3 N–H and O–H groups in total. The molecule has 0 unspecified atom stereocenters. The van der Waals surface area contributed by atoms with E-state index in [4.69, 9.17) is 16.9 Å². The third-order valence-corrected chi connectivity index (χ3v) is 2.52. The van der Waals surface area contributed by atoms with Crippen molar-refractivity contribution in [1.82, 2.24) is 5.32 Å². The van der Waals surface area contributed by atoms with Gasteiger partial charge in [0.15, 0.2) is 0 Å². The third kappa shape index (κ3) is 7.45. The average molecular weight is 296 g/mol. The van der Waals surface area contributed by atoms with Gasteiger partial charge in [-0.05, 0) is 37.1 Å². The lowest BCUT2D eigenvalue weighted by atomic mass is 9.93. The van der Waals surface area contributed by atoms with Crippen molar-refractivity contribution in [2.24, 2.45) is 5.73 Å². The Morgan fingerprint density at radius 1 is 1.57 bits per heavy atom. The quantitative estimate of drug-likeness (QED) is 0.313. The van der Waals surface area contributed by atoms with Crippen molar-refractivity contribution < 1.29 is 13.5 Å². The lowest BCUT2D eigenvalue weighted by Gasteiger charge is -2.17. The van der Waals surface area contributed by atoms with Crippen molar-refractivity contribution >= 4 is 0 Å². The Morgan fingerprint density at radius 2 is 2.19 bits per heavy atom. The summed E-state index contributed by atoms with van der Waals surface area (Å²) in [6.07, 6.45) is 8.20. The number of allylic oxidation sites excluding steroid dienone is 4. The zero-order valence-electron chi connectivity index (χ0n) is 12.6. The van der Waals surface area contributed by atoms with E-state index in [1.807, 2.05) is 0 Å². The first-order valence-electron chi connectivity index (χ1n) is 6.36. The highest BCUT2D eigenvalue weighted by Gasteiger charge is 2.15. The maximum Gasteiger partial charge on any atom is 0.116 e. The van der Waals surface area contributed by atoms with Gasteiger partial charge < -0.3 is 15.8 Å². The van der Waals surface area contributed by atoms with Gasteiger partial charge in [0, 0.05) is 18.9 Å². The van der Waals surface area contributed by atoms with E-state index in [0.29, 0.717) is 16.7 Å². The topological polar surface area (TPSA) is 47.3 Å². The lowest BCUT2D eigenvalue weighted by Crippen LogP contribution is -2.24. The molecule has 0 radical (unpaired) electrons. The van der Waals surface area contributed by atoms with E-state index < -0.39 is 18.0 Å². The fourth-order valence-corrected chi connectivity index (χ4v) is 1.68. The van der Waals surface area contributed by atoms with E-state index >= 15 is 0 Å². The van der Waals surface area contributed by atoms with Crippen LogP contribution < -0.4 is 11.1 Å². The van der Waals surface area contributed by atoms with Crippen molar-refractivity contribution in [2.45, 2.75) is 26.1 Å². The van der Waals surface area contributed by atoms with Gasteiger partial charge in [-0.2, -0.15) is 0 Å². The summed E-state index contributed by atoms with van der Waals surface area (Å²) >= 11 is 0. The van der Waals surface area contributed by atoms with Gasteiger partial charge in [-0.3, -0.25) is 0 Å². The number of alkyl halides is 1. The maximum atomic E-state index is 13.2. The number of rotatable bonds is 8. The molecule has 0 saturated carbocycles. The molecular weight excluding hydrogens is 274 g/mol. The molecular formula is C16H22F2N2O. The van der Waals surface area contributed by atoms with Crippen LogP contribution in [0.2, 0.25) is 0 Å². The first-order chi connectivity index (χ1) is 9.83. The van der Waals surface area contributed by atoms with Gasteiger partial charge in [0.05, 0.1) is 6.04 Å². The minimum Gasteiger partial charge on any atom is -0.368 e. The molecule has 0 saturated heterocycles. The third-order valence-electron chi connectivity index (χ3n) is 2.52. The summed E-state index contributed by atoms with van der Waals surface area (Å²) in [6.45, 7) is 6.45. The number of halogens is 2. The number of nitrogens with two attached hydrogens (primary N) is 1. The molecule has 0 spiro atoms. The van der Waals surface area contributed by atoms with Gasteiger partial charge >= 0.3 is 0 Å². The predicted molar refractivity (Wildman–Crippen MR) is 82.6 cm³/mol. The SMILES string of the molecule is C#C[C@@H](N)C(=C/NCOC)/C(=C/C(=C)F)C(/C)=C\[C@@H](C)F. The number of ether oxygens (including phenoxy) is 1.